The molecule has 0 bridgehead atoms. The maximum absolute atomic E-state index is 6.46. The predicted octanol–water partition coefficient (Wildman–Crippen LogP) is 9.66. The fourth-order valence-electron chi connectivity index (χ4n) is 4.32. The number of hydrogen-bond acceptors (Lipinski definition) is 3. The van der Waals surface area contributed by atoms with Crippen LogP contribution in [0.25, 0.3) is 25.7 Å². The summed E-state index contributed by atoms with van der Waals surface area (Å²) in [6.45, 7) is 14.7. The van der Waals surface area contributed by atoms with Gasteiger partial charge in [-0.25, -0.2) is 0 Å². The van der Waals surface area contributed by atoms with Gasteiger partial charge in [-0.2, -0.15) is 0 Å². The number of fused-ring (bicyclic) bond motifs is 3. The maximum atomic E-state index is 6.46. The molecule has 0 saturated carbocycles. The van der Waals surface area contributed by atoms with Crippen LogP contribution in [0.2, 0.25) is 0 Å². The van der Waals surface area contributed by atoms with E-state index < -0.39 is 0 Å². The van der Waals surface area contributed by atoms with E-state index in [0.29, 0.717) is 18.4 Å². The van der Waals surface area contributed by atoms with Crippen LogP contribution in [-0.2, 0) is 0 Å². The summed E-state index contributed by atoms with van der Waals surface area (Å²) in [5.74, 6) is 3.18. The number of allylic oxidation sites excluding steroid dienone is 1. The molecule has 4 aromatic rings. The lowest BCUT2D eigenvalue weighted by molar-refractivity contribution is 0.288. The highest BCUT2D eigenvalue weighted by Gasteiger charge is 2.17. The lowest BCUT2D eigenvalue weighted by atomic mass is 9.95. The molecule has 0 radical (unpaired) electrons. The topological polar surface area (TPSA) is 18.5 Å². The molecule has 0 N–H and O–H groups in total. The molecule has 184 valence electrons. The highest BCUT2D eigenvalue weighted by molar-refractivity contribution is 7.25. The first-order valence-electron chi connectivity index (χ1n) is 12.9. The Kier molecular flexibility index (Phi) is 8.18. The molecular formula is C32H38O2S. The quantitative estimate of drug-likeness (QED) is 0.222. The lowest BCUT2D eigenvalue weighted by Gasteiger charge is -2.16. The van der Waals surface area contributed by atoms with Crippen molar-refractivity contribution in [3.63, 3.8) is 0 Å². The van der Waals surface area contributed by atoms with Gasteiger partial charge >= 0.3 is 0 Å². The number of benzene rings is 3. The highest BCUT2D eigenvalue weighted by Crippen LogP contribution is 2.43. The molecule has 1 aromatic heterocycles. The molecule has 0 unspecified atom stereocenters. The molecule has 2 nitrogen and oxygen atoms in total. The lowest BCUT2D eigenvalue weighted by Crippen LogP contribution is -2.03. The van der Waals surface area contributed by atoms with Crippen LogP contribution in [0, 0.1) is 18.8 Å². The molecule has 3 heteroatoms. The van der Waals surface area contributed by atoms with Gasteiger partial charge in [-0.05, 0) is 79.5 Å². The van der Waals surface area contributed by atoms with Crippen molar-refractivity contribution in [2.24, 2.45) is 11.8 Å². The van der Waals surface area contributed by atoms with Crippen molar-refractivity contribution in [1.82, 2.24) is 0 Å². The van der Waals surface area contributed by atoms with Gasteiger partial charge in [-0.1, -0.05) is 64.1 Å². The van der Waals surface area contributed by atoms with E-state index in [2.05, 4.69) is 102 Å². The second kappa shape index (κ2) is 11.3. The first-order chi connectivity index (χ1) is 16.9. The third-order valence-corrected chi connectivity index (χ3v) is 7.55. The van der Waals surface area contributed by atoms with Gasteiger partial charge in [-0.3, -0.25) is 0 Å². The van der Waals surface area contributed by atoms with Crippen LogP contribution in [0.15, 0.2) is 60.7 Å². The zero-order chi connectivity index (χ0) is 24.9. The molecule has 0 aliphatic carbocycles. The van der Waals surface area contributed by atoms with Crippen molar-refractivity contribution in [2.75, 3.05) is 13.2 Å². The van der Waals surface area contributed by atoms with Crippen LogP contribution in [-0.4, -0.2) is 13.2 Å². The van der Waals surface area contributed by atoms with Crippen LogP contribution in [0.4, 0.5) is 0 Å². The van der Waals surface area contributed by atoms with Gasteiger partial charge in [0.2, 0.25) is 0 Å². The summed E-state index contributed by atoms with van der Waals surface area (Å²) in [6, 6.07) is 19.7. The summed E-state index contributed by atoms with van der Waals surface area (Å²) < 4.78 is 15.2. The molecular weight excluding hydrogens is 448 g/mol. The number of rotatable bonds is 10. The Morgan fingerprint density at radius 3 is 1.97 bits per heavy atom. The Morgan fingerprint density at radius 2 is 1.37 bits per heavy atom. The molecule has 0 fully saturated rings. The molecule has 0 atom stereocenters. The van der Waals surface area contributed by atoms with Gasteiger partial charge < -0.3 is 9.47 Å². The van der Waals surface area contributed by atoms with Crippen molar-refractivity contribution < 1.29 is 9.47 Å². The smallest absolute Gasteiger partial charge is 0.127 e. The zero-order valence-electron chi connectivity index (χ0n) is 22.0. The first kappa shape index (κ1) is 25.3. The van der Waals surface area contributed by atoms with Crippen molar-refractivity contribution in [2.45, 2.75) is 54.4 Å². The Morgan fingerprint density at radius 1 is 0.800 bits per heavy atom. The van der Waals surface area contributed by atoms with Gasteiger partial charge in [-0.15, -0.1) is 11.3 Å². The Bertz CT molecular complexity index is 1310. The van der Waals surface area contributed by atoms with E-state index in [0.717, 1.165) is 36.5 Å². The molecule has 0 aliphatic rings. The van der Waals surface area contributed by atoms with E-state index in [-0.39, 0.29) is 0 Å². The average Bonchev–Trinajstić information content (AvgIpc) is 3.16. The van der Waals surface area contributed by atoms with Gasteiger partial charge in [0, 0.05) is 25.7 Å². The van der Waals surface area contributed by atoms with Crippen molar-refractivity contribution in [1.29, 1.82) is 0 Å². The normalized spacial score (nSPS) is 12.3. The summed E-state index contributed by atoms with van der Waals surface area (Å²) in [7, 11) is 0. The molecule has 0 aliphatic heterocycles. The summed E-state index contributed by atoms with van der Waals surface area (Å²) in [6.07, 6.45) is 4.29. The van der Waals surface area contributed by atoms with Crippen LogP contribution in [0.1, 0.15) is 64.2 Å². The number of thiophene rings is 1. The van der Waals surface area contributed by atoms with Crippen molar-refractivity contribution >= 4 is 37.1 Å². The largest absolute Gasteiger partial charge is 0.493 e. The molecule has 0 saturated heterocycles. The molecule has 3 aromatic carbocycles. The van der Waals surface area contributed by atoms with Crippen LogP contribution < -0.4 is 9.47 Å². The minimum absolute atomic E-state index is 0.605. The second-order valence-corrected chi connectivity index (χ2v) is 11.3. The Balaban J connectivity index is 1.82. The fourth-order valence-corrected chi connectivity index (χ4v) is 5.53. The SMILES string of the molecule is CC=C(c1ccccc1)c1cc2sc3cc(C)c(OCCC(C)C)cc3c2cc1OCCC(C)C. The Labute approximate surface area is 214 Å². The van der Waals surface area contributed by atoms with Crippen molar-refractivity contribution in [3.8, 4) is 11.5 Å². The summed E-state index contributed by atoms with van der Waals surface area (Å²) >= 11 is 1.85. The van der Waals surface area contributed by atoms with E-state index in [1.165, 1.54) is 36.9 Å². The van der Waals surface area contributed by atoms with Gasteiger partial charge in [0.25, 0.3) is 0 Å². The summed E-state index contributed by atoms with van der Waals surface area (Å²) in [5, 5.41) is 2.49. The van der Waals surface area contributed by atoms with E-state index in [4.69, 9.17) is 9.47 Å². The first-order valence-corrected chi connectivity index (χ1v) is 13.7. The minimum Gasteiger partial charge on any atom is -0.493 e. The molecule has 35 heavy (non-hydrogen) atoms. The molecule has 0 spiro atoms. The zero-order valence-corrected chi connectivity index (χ0v) is 22.8. The third-order valence-electron chi connectivity index (χ3n) is 6.44. The summed E-state index contributed by atoms with van der Waals surface area (Å²) in [4.78, 5) is 0. The van der Waals surface area contributed by atoms with Gasteiger partial charge in [0.15, 0.2) is 0 Å². The van der Waals surface area contributed by atoms with Crippen LogP contribution in [0.3, 0.4) is 0 Å². The van der Waals surface area contributed by atoms with Gasteiger partial charge in [0.05, 0.1) is 13.2 Å². The van der Waals surface area contributed by atoms with E-state index in [1.54, 1.807) is 0 Å². The fraction of sp³-hybridized carbons (Fsp3) is 0.375. The third kappa shape index (κ3) is 5.90. The second-order valence-electron chi connectivity index (χ2n) is 10.2. The standard InChI is InChI=1S/C32H38O2S/c1-7-25(24-11-9-8-10-12-24)26-20-32-28(19-30(26)34-16-14-22(4)5)27-18-29(33-15-13-21(2)3)23(6)17-31(27)35-32/h7-12,17-22H,13-16H2,1-6H3. The van der Waals surface area contributed by atoms with Gasteiger partial charge in [0.1, 0.15) is 11.5 Å². The van der Waals surface area contributed by atoms with E-state index in [9.17, 15) is 0 Å². The molecule has 4 rings (SSSR count). The summed E-state index contributed by atoms with van der Waals surface area (Å²) in [5.41, 5.74) is 4.77. The molecule has 1 heterocycles. The number of ether oxygens (including phenoxy) is 2. The van der Waals surface area contributed by atoms with Crippen molar-refractivity contribution in [3.05, 3.63) is 77.4 Å². The van der Waals surface area contributed by atoms with E-state index in [1.807, 2.05) is 11.3 Å². The number of hydrogen-bond donors (Lipinski definition) is 0. The minimum atomic E-state index is 0.605. The Hall–Kier alpha value is -2.78. The monoisotopic (exact) mass is 486 g/mol. The molecule has 0 amide bonds. The van der Waals surface area contributed by atoms with E-state index >= 15 is 0 Å². The number of aryl methyl sites for hydroxylation is 1. The predicted molar refractivity (Wildman–Crippen MR) is 153 cm³/mol. The highest BCUT2D eigenvalue weighted by atomic mass is 32.1. The van der Waals surface area contributed by atoms with Crippen LogP contribution in [0.5, 0.6) is 11.5 Å². The van der Waals surface area contributed by atoms with Crippen LogP contribution >= 0.6 is 11.3 Å². The average molecular weight is 487 g/mol. The maximum Gasteiger partial charge on any atom is 0.127 e.